The van der Waals surface area contributed by atoms with Gasteiger partial charge >= 0.3 is 0 Å². The standard InChI is InChI=1S/C18H28N2O2/c1-4-11-20-12-9-16(10-13-20)19-18(21)15(3)22-17-7-5-14(2)6-8-17/h5-8,15-16H,4,9-13H2,1-3H3,(H,19,21). The Hall–Kier alpha value is -1.55. The maximum Gasteiger partial charge on any atom is 0.260 e. The molecule has 1 heterocycles. The second kappa shape index (κ2) is 8.18. The molecule has 0 bridgehead atoms. The SMILES string of the molecule is CCCN1CCC(NC(=O)C(C)Oc2ccc(C)cc2)CC1. The number of nitrogens with one attached hydrogen (secondary N) is 1. The van der Waals surface area contributed by atoms with Gasteiger partial charge in [-0.1, -0.05) is 24.6 Å². The summed E-state index contributed by atoms with van der Waals surface area (Å²) in [5.74, 6) is 0.723. The van der Waals surface area contributed by atoms with Gasteiger partial charge in [0.05, 0.1) is 0 Å². The lowest BCUT2D eigenvalue weighted by atomic mass is 10.0. The number of hydrogen-bond acceptors (Lipinski definition) is 3. The zero-order chi connectivity index (χ0) is 15.9. The van der Waals surface area contributed by atoms with Gasteiger partial charge in [0.25, 0.3) is 5.91 Å². The van der Waals surface area contributed by atoms with Gasteiger partial charge in [-0.25, -0.2) is 0 Å². The number of aryl methyl sites for hydroxylation is 1. The number of ether oxygens (including phenoxy) is 1. The van der Waals surface area contributed by atoms with Crippen molar-refractivity contribution >= 4 is 5.91 Å². The highest BCUT2D eigenvalue weighted by Gasteiger charge is 2.23. The molecule has 0 spiro atoms. The lowest BCUT2D eigenvalue weighted by molar-refractivity contribution is -0.128. The Balaban J connectivity index is 1.76. The molecule has 1 saturated heterocycles. The van der Waals surface area contributed by atoms with Gasteiger partial charge in [0.2, 0.25) is 0 Å². The Morgan fingerprint density at radius 1 is 1.32 bits per heavy atom. The van der Waals surface area contributed by atoms with Crippen LogP contribution < -0.4 is 10.1 Å². The van der Waals surface area contributed by atoms with E-state index in [2.05, 4.69) is 17.1 Å². The van der Waals surface area contributed by atoms with E-state index in [1.165, 1.54) is 12.0 Å². The van der Waals surface area contributed by atoms with Crippen molar-refractivity contribution in [2.45, 2.75) is 52.2 Å². The van der Waals surface area contributed by atoms with Gasteiger partial charge < -0.3 is 15.0 Å². The molecule has 0 radical (unpaired) electrons. The summed E-state index contributed by atoms with van der Waals surface area (Å²) >= 11 is 0. The normalized spacial score (nSPS) is 18.0. The van der Waals surface area contributed by atoms with Crippen LogP contribution in [-0.2, 0) is 4.79 Å². The van der Waals surface area contributed by atoms with Gasteiger partial charge in [-0.2, -0.15) is 0 Å². The van der Waals surface area contributed by atoms with Gasteiger partial charge in [-0.05, 0) is 51.8 Å². The summed E-state index contributed by atoms with van der Waals surface area (Å²) in [5, 5.41) is 3.12. The number of nitrogens with zero attached hydrogens (tertiary/aromatic N) is 1. The number of piperidine rings is 1. The highest BCUT2D eigenvalue weighted by Crippen LogP contribution is 2.14. The molecule has 1 unspecified atom stereocenters. The van der Waals surface area contributed by atoms with Crippen molar-refractivity contribution < 1.29 is 9.53 Å². The summed E-state index contributed by atoms with van der Waals surface area (Å²) in [7, 11) is 0. The van der Waals surface area contributed by atoms with Crippen molar-refractivity contribution in [2.24, 2.45) is 0 Å². The van der Waals surface area contributed by atoms with Crippen LogP contribution in [0.3, 0.4) is 0 Å². The highest BCUT2D eigenvalue weighted by molar-refractivity contribution is 5.81. The van der Waals surface area contributed by atoms with Crippen molar-refractivity contribution in [3.8, 4) is 5.75 Å². The summed E-state index contributed by atoms with van der Waals surface area (Å²) in [6.07, 6.45) is 2.79. The number of rotatable bonds is 6. The monoisotopic (exact) mass is 304 g/mol. The maximum atomic E-state index is 12.2. The Morgan fingerprint density at radius 2 is 1.95 bits per heavy atom. The number of hydrogen-bond donors (Lipinski definition) is 1. The topological polar surface area (TPSA) is 41.6 Å². The van der Waals surface area contributed by atoms with E-state index in [1.54, 1.807) is 6.92 Å². The largest absolute Gasteiger partial charge is 0.481 e. The molecule has 1 atom stereocenters. The van der Waals surface area contributed by atoms with Crippen LogP contribution in [0.15, 0.2) is 24.3 Å². The molecule has 1 aromatic rings. The van der Waals surface area contributed by atoms with Gasteiger partial charge in [0, 0.05) is 19.1 Å². The van der Waals surface area contributed by atoms with Crippen LogP contribution >= 0.6 is 0 Å². The minimum absolute atomic E-state index is 0.0190. The van der Waals surface area contributed by atoms with E-state index >= 15 is 0 Å². The van der Waals surface area contributed by atoms with Gasteiger partial charge in [0.15, 0.2) is 6.10 Å². The number of amides is 1. The van der Waals surface area contributed by atoms with Gasteiger partial charge in [0.1, 0.15) is 5.75 Å². The predicted octanol–water partition coefficient (Wildman–Crippen LogP) is 2.75. The molecular weight excluding hydrogens is 276 g/mol. The van der Waals surface area contributed by atoms with E-state index in [9.17, 15) is 4.79 Å². The zero-order valence-corrected chi connectivity index (χ0v) is 14.0. The molecule has 1 aliphatic rings. The van der Waals surface area contributed by atoms with Gasteiger partial charge in [-0.3, -0.25) is 4.79 Å². The van der Waals surface area contributed by atoms with Crippen LogP contribution in [0.4, 0.5) is 0 Å². The summed E-state index contributed by atoms with van der Waals surface area (Å²) in [4.78, 5) is 14.7. The molecule has 1 aliphatic heterocycles. The van der Waals surface area contributed by atoms with Crippen LogP contribution in [0.25, 0.3) is 0 Å². The molecule has 0 aliphatic carbocycles. The van der Waals surface area contributed by atoms with E-state index in [1.807, 2.05) is 31.2 Å². The lowest BCUT2D eigenvalue weighted by Gasteiger charge is -2.32. The molecule has 122 valence electrons. The Kier molecular flexibility index (Phi) is 6.25. The van der Waals surface area contributed by atoms with E-state index in [0.29, 0.717) is 0 Å². The first-order valence-electron chi connectivity index (χ1n) is 8.34. The zero-order valence-electron chi connectivity index (χ0n) is 14.0. The molecule has 0 aromatic heterocycles. The summed E-state index contributed by atoms with van der Waals surface area (Å²) in [6, 6.07) is 8.07. The predicted molar refractivity (Wildman–Crippen MR) is 89.2 cm³/mol. The van der Waals surface area contributed by atoms with E-state index < -0.39 is 6.10 Å². The van der Waals surface area contributed by atoms with E-state index in [-0.39, 0.29) is 11.9 Å². The van der Waals surface area contributed by atoms with Crippen molar-refractivity contribution in [2.75, 3.05) is 19.6 Å². The molecule has 1 fully saturated rings. The highest BCUT2D eigenvalue weighted by atomic mass is 16.5. The van der Waals surface area contributed by atoms with E-state index in [0.717, 1.165) is 38.2 Å². The fourth-order valence-corrected chi connectivity index (χ4v) is 2.81. The molecule has 22 heavy (non-hydrogen) atoms. The van der Waals surface area contributed by atoms with Crippen LogP contribution in [0.2, 0.25) is 0 Å². The van der Waals surface area contributed by atoms with Crippen molar-refractivity contribution in [1.29, 1.82) is 0 Å². The molecule has 2 rings (SSSR count). The molecule has 1 amide bonds. The first-order valence-corrected chi connectivity index (χ1v) is 8.34. The first-order chi connectivity index (χ1) is 10.6. The minimum atomic E-state index is -0.462. The Labute approximate surface area is 133 Å². The molecule has 4 nitrogen and oxygen atoms in total. The van der Waals surface area contributed by atoms with Crippen LogP contribution in [0, 0.1) is 6.92 Å². The van der Waals surface area contributed by atoms with Crippen molar-refractivity contribution in [3.63, 3.8) is 0 Å². The van der Waals surface area contributed by atoms with Crippen molar-refractivity contribution in [3.05, 3.63) is 29.8 Å². The number of carbonyl (C=O) groups is 1. The fraction of sp³-hybridized carbons (Fsp3) is 0.611. The second-order valence-electron chi connectivity index (χ2n) is 6.20. The average molecular weight is 304 g/mol. The first kappa shape index (κ1) is 16.8. The summed E-state index contributed by atoms with van der Waals surface area (Å²) in [5.41, 5.74) is 1.18. The number of benzene rings is 1. The molecule has 1 aromatic carbocycles. The van der Waals surface area contributed by atoms with E-state index in [4.69, 9.17) is 4.74 Å². The smallest absolute Gasteiger partial charge is 0.260 e. The van der Waals surface area contributed by atoms with Gasteiger partial charge in [-0.15, -0.1) is 0 Å². The third kappa shape index (κ3) is 5.02. The third-order valence-electron chi connectivity index (χ3n) is 4.18. The maximum absolute atomic E-state index is 12.2. The number of likely N-dealkylation sites (tertiary alicyclic amines) is 1. The quantitative estimate of drug-likeness (QED) is 0.878. The number of carbonyl (C=O) groups excluding carboxylic acids is 1. The third-order valence-corrected chi connectivity index (χ3v) is 4.18. The second-order valence-corrected chi connectivity index (χ2v) is 6.20. The molecule has 1 N–H and O–H groups in total. The van der Waals surface area contributed by atoms with Crippen LogP contribution in [0.1, 0.15) is 38.7 Å². The van der Waals surface area contributed by atoms with Crippen LogP contribution in [-0.4, -0.2) is 42.6 Å². The van der Waals surface area contributed by atoms with Crippen LogP contribution in [0.5, 0.6) is 5.75 Å². The Bertz CT molecular complexity index is 464. The molecule has 0 saturated carbocycles. The molecular formula is C18H28N2O2. The average Bonchev–Trinajstić information content (AvgIpc) is 2.51. The molecule has 4 heteroatoms. The minimum Gasteiger partial charge on any atom is -0.481 e. The Morgan fingerprint density at radius 3 is 2.55 bits per heavy atom. The van der Waals surface area contributed by atoms with Crippen molar-refractivity contribution in [1.82, 2.24) is 10.2 Å². The lowest BCUT2D eigenvalue weighted by Crippen LogP contribution is -2.48. The fourth-order valence-electron chi connectivity index (χ4n) is 2.81. The summed E-state index contributed by atoms with van der Waals surface area (Å²) in [6.45, 7) is 9.36. The summed E-state index contributed by atoms with van der Waals surface area (Å²) < 4.78 is 5.71.